The molecule has 0 aliphatic heterocycles. The Bertz CT molecular complexity index is 605. The summed E-state index contributed by atoms with van der Waals surface area (Å²) < 4.78 is 0. The van der Waals surface area contributed by atoms with Crippen molar-refractivity contribution in [2.24, 2.45) is 11.8 Å². The summed E-state index contributed by atoms with van der Waals surface area (Å²) in [4.78, 5) is 24.4. The van der Waals surface area contributed by atoms with Gasteiger partial charge in [-0.2, -0.15) is 0 Å². The molecular weight excluding hydrogens is 276 g/mol. The van der Waals surface area contributed by atoms with Crippen LogP contribution < -0.4 is 10.6 Å². The summed E-state index contributed by atoms with van der Waals surface area (Å²) in [6.45, 7) is 6.24. The van der Waals surface area contributed by atoms with Crippen LogP contribution in [0.1, 0.15) is 50.2 Å². The fourth-order valence-electron chi connectivity index (χ4n) is 2.87. The molecule has 2 atom stereocenters. The first-order valence-electron chi connectivity index (χ1n) is 8.18. The summed E-state index contributed by atoms with van der Waals surface area (Å²) >= 11 is 0. The van der Waals surface area contributed by atoms with Gasteiger partial charge in [-0.3, -0.25) is 9.59 Å². The van der Waals surface area contributed by atoms with Gasteiger partial charge in [0.15, 0.2) is 0 Å². The zero-order chi connectivity index (χ0) is 15.9. The summed E-state index contributed by atoms with van der Waals surface area (Å²) in [6, 6.07) is 6.44. The average Bonchev–Trinajstić information content (AvgIpc) is 3.34. The average molecular weight is 300 g/mol. The second-order valence-corrected chi connectivity index (χ2v) is 6.91. The van der Waals surface area contributed by atoms with E-state index in [1.807, 2.05) is 19.1 Å². The SMILES string of the molecule is Cc1cccc(C(C)C)c1NC(=O)C1CC1C(=O)NC1CC1. The molecule has 1 aromatic carbocycles. The fourth-order valence-corrected chi connectivity index (χ4v) is 2.87. The normalized spacial score (nSPS) is 23.3. The molecule has 2 aliphatic carbocycles. The van der Waals surface area contributed by atoms with Crippen LogP contribution in [0.25, 0.3) is 0 Å². The van der Waals surface area contributed by atoms with E-state index in [1.54, 1.807) is 0 Å². The Balaban J connectivity index is 1.64. The minimum absolute atomic E-state index is 0.0212. The Morgan fingerprint density at radius 3 is 2.45 bits per heavy atom. The van der Waals surface area contributed by atoms with Gasteiger partial charge in [-0.1, -0.05) is 32.0 Å². The molecule has 4 nitrogen and oxygen atoms in total. The number of hydrogen-bond acceptors (Lipinski definition) is 2. The largest absolute Gasteiger partial charge is 0.353 e. The van der Waals surface area contributed by atoms with Crippen molar-refractivity contribution in [1.29, 1.82) is 0 Å². The number of carbonyl (C=O) groups excluding carboxylic acids is 2. The summed E-state index contributed by atoms with van der Waals surface area (Å²) in [5.74, 6) is 0.0810. The number of rotatable bonds is 5. The lowest BCUT2D eigenvalue weighted by Gasteiger charge is -2.16. The number of benzene rings is 1. The van der Waals surface area contributed by atoms with Crippen LogP contribution in [0.2, 0.25) is 0 Å². The van der Waals surface area contributed by atoms with Crippen molar-refractivity contribution in [2.45, 2.75) is 52.0 Å². The third-order valence-corrected chi connectivity index (χ3v) is 4.56. The van der Waals surface area contributed by atoms with Gasteiger partial charge in [-0.15, -0.1) is 0 Å². The van der Waals surface area contributed by atoms with E-state index in [-0.39, 0.29) is 23.7 Å². The van der Waals surface area contributed by atoms with Crippen LogP contribution >= 0.6 is 0 Å². The standard InChI is InChI=1S/C18H24N2O2/c1-10(2)13-6-4-5-11(3)16(13)20-18(22)15-9-14(15)17(21)19-12-7-8-12/h4-6,10,12,14-15H,7-9H2,1-3H3,(H,19,21)(H,20,22). The Labute approximate surface area is 131 Å². The van der Waals surface area contributed by atoms with Crippen molar-refractivity contribution in [3.05, 3.63) is 29.3 Å². The molecule has 118 valence electrons. The van der Waals surface area contributed by atoms with Gasteiger partial charge in [0.2, 0.25) is 11.8 Å². The van der Waals surface area contributed by atoms with Gasteiger partial charge in [0, 0.05) is 11.7 Å². The maximum atomic E-state index is 12.4. The smallest absolute Gasteiger partial charge is 0.228 e. The van der Waals surface area contributed by atoms with Crippen molar-refractivity contribution in [2.75, 3.05) is 5.32 Å². The molecule has 22 heavy (non-hydrogen) atoms. The Kier molecular flexibility index (Phi) is 3.94. The highest BCUT2D eigenvalue weighted by Gasteiger charge is 2.49. The topological polar surface area (TPSA) is 58.2 Å². The highest BCUT2D eigenvalue weighted by Crippen LogP contribution is 2.41. The number of anilines is 1. The van der Waals surface area contributed by atoms with Crippen LogP contribution in [0.5, 0.6) is 0 Å². The minimum Gasteiger partial charge on any atom is -0.353 e. The molecule has 0 aromatic heterocycles. The van der Waals surface area contributed by atoms with E-state index < -0.39 is 0 Å². The predicted molar refractivity (Wildman–Crippen MR) is 86.7 cm³/mol. The maximum absolute atomic E-state index is 12.4. The molecule has 2 unspecified atom stereocenters. The van der Waals surface area contributed by atoms with Gasteiger partial charge in [0.05, 0.1) is 11.8 Å². The summed E-state index contributed by atoms with van der Waals surface area (Å²) in [6.07, 6.45) is 2.83. The molecule has 2 saturated carbocycles. The van der Waals surface area contributed by atoms with E-state index >= 15 is 0 Å². The first-order valence-corrected chi connectivity index (χ1v) is 8.18. The molecule has 3 rings (SSSR count). The molecule has 1 aromatic rings. The molecule has 2 fully saturated rings. The van der Waals surface area contributed by atoms with E-state index in [4.69, 9.17) is 0 Å². The van der Waals surface area contributed by atoms with Gasteiger partial charge < -0.3 is 10.6 Å². The van der Waals surface area contributed by atoms with Crippen LogP contribution in [-0.4, -0.2) is 17.9 Å². The van der Waals surface area contributed by atoms with Crippen molar-refractivity contribution < 1.29 is 9.59 Å². The van der Waals surface area contributed by atoms with Crippen LogP contribution in [0, 0.1) is 18.8 Å². The van der Waals surface area contributed by atoms with Gasteiger partial charge in [0.25, 0.3) is 0 Å². The van der Waals surface area contributed by atoms with E-state index in [1.165, 1.54) is 0 Å². The Morgan fingerprint density at radius 2 is 1.82 bits per heavy atom. The quantitative estimate of drug-likeness (QED) is 0.878. The number of nitrogens with one attached hydrogen (secondary N) is 2. The predicted octanol–water partition coefficient (Wildman–Crippen LogP) is 2.97. The second kappa shape index (κ2) is 5.75. The highest BCUT2D eigenvalue weighted by atomic mass is 16.2. The molecule has 2 aliphatic rings. The van der Waals surface area contributed by atoms with Gasteiger partial charge in [0.1, 0.15) is 0 Å². The van der Waals surface area contributed by atoms with Crippen molar-refractivity contribution >= 4 is 17.5 Å². The molecule has 0 spiro atoms. The van der Waals surface area contributed by atoms with Gasteiger partial charge in [-0.05, 0) is 43.2 Å². The van der Waals surface area contributed by atoms with E-state index in [9.17, 15) is 9.59 Å². The zero-order valence-corrected chi connectivity index (χ0v) is 13.5. The molecular formula is C18H24N2O2. The fraction of sp³-hybridized carbons (Fsp3) is 0.556. The first kappa shape index (κ1) is 15.1. The van der Waals surface area contributed by atoms with Crippen LogP contribution in [0.15, 0.2) is 18.2 Å². The molecule has 0 saturated heterocycles. The number of carbonyl (C=O) groups is 2. The monoisotopic (exact) mass is 300 g/mol. The third-order valence-electron chi connectivity index (χ3n) is 4.56. The molecule has 0 radical (unpaired) electrons. The van der Waals surface area contributed by atoms with Gasteiger partial charge >= 0.3 is 0 Å². The van der Waals surface area contributed by atoms with Gasteiger partial charge in [-0.25, -0.2) is 0 Å². The highest BCUT2D eigenvalue weighted by molar-refractivity contribution is 6.00. The minimum atomic E-state index is -0.168. The summed E-state index contributed by atoms with van der Waals surface area (Å²) in [7, 11) is 0. The van der Waals surface area contributed by atoms with Crippen molar-refractivity contribution in [1.82, 2.24) is 5.32 Å². The molecule has 2 amide bonds. The maximum Gasteiger partial charge on any atom is 0.228 e. The van der Waals surface area contributed by atoms with Crippen molar-refractivity contribution in [3.8, 4) is 0 Å². The lowest BCUT2D eigenvalue weighted by atomic mass is 9.98. The van der Waals surface area contributed by atoms with Crippen LogP contribution in [-0.2, 0) is 9.59 Å². The first-order chi connectivity index (χ1) is 10.5. The van der Waals surface area contributed by atoms with Crippen LogP contribution in [0.3, 0.4) is 0 Å². The number of para-hydroxylation sites is 1. The molecule has 0 bridgehead atoms. The third kappa shape index (κ3) is 3.16. The summed E-state index contributed by atoms with van der Waals surface area (Å²) in [5, 5.41) is 6.04. The number of aryl methyl sites for hydroxylation is 1. The molecule has 2 N–H and O–H groups in total. The Morgan fingerprint density at radius 1 is 1.14 bits per heavy atom. The lowest BCUT2D eigenvalue weighted by molar-refractivity contribution is -0.125. The zero-order valence-electron chi connectivity index (χ0n) is 13.5. The summed E-state index contributed by atoms with van der Waals surface area (Å²) in [5.41, 5.74) is 3.13. The molecule has 0 heterocycles. The van der Waals surface area contributed by atoms with E-state index in [2.05, 4.69) is 30.5 Å². The van der Waals surface area contributed by atoms with E-state index in [0.717, 1.165) is 29.7 Å². The number of hydrogen-bond donors (Lipinski definition) is 2. The van der Waals surface area contributed by atoms with Crippen LogP contribution in [0.4, 0.5) is 5.69 Å². The van der Waals surface area contributed by atoms with E-state index in [0.29, 0.717) is 18.4 Å². The Hall–Kier alpha value is -1.84. The number of amides is 2. The van der Waals surface area contributed by atoms with Crippen molar-refractivity contribution in [3.63, 3.8) is 0 Å². The second-order valence-electron chi connectivity index (χ2n) is 6.91. The lowest BCUT2D eigenvalue weighted by Crippen LogP contribution is -2.29. The molecule has 4 heteroatoms.